The van der Waals surface area contributed by atoms with Gasteiger partial charge in [-0.25, -0.2) is 4.79 Å². The van der Waals surface area contributed by atoms with Gasteiger partial charge in [0.15, 0.2) is 11.0 Å². The molecule has 3 aromatic heterocycles. The first kappa shape index (κ1) is 26.1. The summed E-state index contributed by atoms with van der Waals surface area (Å²) < 4.78 is 8.31. The molecule has 5 aromatic rings. The van der Waals surface area contributed by atoms with E-state index in [1.165, 1.54) is 34.9 Å². The van der Waals surface area contributed by atoms with Crippen LogP contribution in [0.4, 0.5) is 5.00 Å². The average molecular weight is 563 g/mol. The summed E-state index contributed by atoms with van der Waals surface area (Å²) in [6, 6.07) is 16.1. The summed E-state index contributed by atoms with van der Waals surface area (Å²) in [5, 5.41) is 18.1. The molecule has 0 fully saturated rings. The summed E-state index contributed by atoms with van der Waals surface area (Å²) in [7, 11) is 1.34. The van der Waals surface area contributed by atoms with Crippen LogP contribution in [0.25, 0.3) is 32.6 Å². The molecule has 0 radical (unpaired) electrons. The van der Waals surface area contributed by atoms with Gasteiger partial charge in [-0.2, -0.15) is 0 Å². The smallest absolute Gasteiger partial charge is 0.341 e. The van der Waals surface area contributed by atoms with Gasteiger partial charge in [-0.3, -0.25) is 4.79 Å². The third-order valence-corrected chi connectivity index (χ3v) is 8.84. The van der Waals surface area contributed by atoms with Gasteiger partial charge >= 0.3 is 5.97 Å². The van der Waals surface area contributed by atoms with Crippen molar-refractivity contribution in [1.29, 1.82) is 0 Å². The highest BCUT2D eigenvalue weighted by molar-refractivity contribution is 7.99. The first-order chi connectivity index (χ1) is 18.5. The van der Waals surface area contributed by atoms with Gasteiger partial charge in [0.05, 0.1) is 12.9 Å². The van der Waals surface area contributed by atoms with Crippen LogP contribution < -0.4 is 5.32 Å². The summed E-state index contributed by atoms with van der Waals surface area (Å²) in [5.41, 5.74) is 4.16. The Morgan fingerprint density at radius 1 is 1.03 bits per heavy atom. The highest BCUT2D eigenvalue weighted by Gasteiger charge is 2.23. The van der Waals surface area contributed by atoms with Crippen molar-refractivity contribution in [2.24, 2.45) is 0 Å². The lowest BCUT2D eigenvalue weighted by molar-refractivity contribution is -0.113. The van der Waals surface area contributed by atoms with Crippen molar-refractivity contribution in [1.82, 2.24) is 14.8 Å². The lowest BCUT2D eigenvalue weighted by atomic mass is 10.0. The van der Waals surface area contributed by atoms with E-state index in [4.69, 9.17) is 4.74 Å². The van der Waals surface area contributed by atoms with Crippen molar-refractivity contribution in [3.8, 4) is 22.5 Å². The molecule has 0 unspecified atom stereocenters. The van der Waals surface area contributed by atoms with Crippen LogP contribution in [0, 0.1) is 6.92 Å². The highest BCUT2D eigenvalue weighted by atomic mass is 32.2. The van der Waals surface area contributed by atoms with Crippen molar-refractivity contribution in [3.05, 3.63) is 70.4 Å². The zero-order valence-corrected chi connectivity index (χ0v) is 23.6. The Bertz CT molecular complexity index is 1600. The molecule has 7 nitrogen and oxygen atoms in total. The molecular weight excluding hydrogens is 537 g/mol. The number of carbonyl (C=O) groups is 2. The molecular formula is C28H26N4O3S3. The first-order valence-corrected chi connectivity index (χ1v) is 14.8. The fraction of sp³-hybridized carbons (Fsp3) is 0.214. The number of thiophene rings is 2. The number of nitrogens with zero attached hydrogens (tertiary/aromatic N) is 3. The summed E-state index contributed by atoms with van der Waals surface area (Å²) in [4.78, 5) is 25.6. The molecule has 0 aliphatic rings. The Hall–Kier alpha value is -3.47. The van der Waals surface area contributed by atoms with E-state index in [-0.39, 0.29) is 11.7 Å². The number of ether oxygens (including phenoxy) is 1. The van der Waals surface area contributed by atoms with Crippen molar-refractivity contribution in [2.45, 2.75) is 32.0 Å². The maximum atomic E-state index is 13.0. The average Bonchev–Trinajstić information content (AvgIpc) is 3.65. The van der Waals surface area contributed by atoms with Crippen LogP contribution >= 0.6 is 34.4 Å². The minimum absolute atomic E-state index is 0.130. The third kappa shape index (κ3) is 5.24. The van der Waals surface area contributed by atoms with Gasteiger partial charge in [0.2, 0.25) is 5.91 Å². The molecule has 0 saturated carbocycles. The molecule has 0 bridgehead atoms. The van der Waals surface area contributed by atoms with Gasteiger partial charge in [-0.15, -0.1) is 32.9 Å². The topological polar surface area (TPSA) is 86.1 Å². The third-order valence-electron chi connectivity index (χ3n) is 6.01. The summed E-state index contributed by atoms with van der Waals surface area (Å²) in [6.45, 7) is 4.86. The number of nitrogens with one attached hydrogen (secondary N) is 1. The molecule has 1 N–H and O–H groups in total. The van der Waals surface area contributed by atoms with E-state index in [2.05, 4.69) is 44.5 Å². The predicted octanol–water partition coefficient (Wildman–Crippen LogP) is 7.12. The molecule has 1 amide bonds. The van der Waals surface area contributed by atoms with Crippen LogP contribution in [0.15, 0.2) is 64.4 Å². The van der Waals surface area contributed by atoms with E-state index >= 15 is 0 Å². The van der Waals surface area contributed by atoms with Crippen LogP contribution in [-0.4, -0.2) is 39.5 Å². The van der Waals surface area contributed by atoms with E-state index in [0.717, 1.165) is 46.4 Å². The number of aryl methyl sites for hydroxylation is 1. The summed E-state index contributed by atoms with van der Waals surface area (Å²) in [5.74, 6) is 0.220. The molecule has 0 aliphatic heterocycles. The number of fused-ring (bicyclic) bond motifs is 1. The van der Waals surface area contributed by atoms with Gasteiger partial charge in [-0.05, 0) is 25.0 Å². The fourth-order valence-electron chi connectivity index (χ4n) is 4.16. The van der Waals surface area contributed by atoms with Crippen LogP contribution in [0.1, 0.15) is 29.3 Å². The minimum Gasteiger partial charge on any atom is -0.465 e. The minimum atomic E-state index is -0.486. The van der Waals surface area contributed by atoms with Crippen molar-refractivity contribution >= 4 is 61.4 Å². The normalized spacial score (nSPS) is 11.1. The molecule has 0 spiro atoms. The van der Waals surface area contributed by atoms with E-state index in [1.54, 1.807) is 11.3 Å². The summed E-state index contributed by atoms with van der Waals surface area (Å²) in [6.07, 6.45) is 0.909. The van der Waals surface area contributed by atoms with Gasteiger partial charge in [0.1, 0.15) is 10.6 Å². The van der Waals surface area contributed by atoms with Gasteiger partial charge in [-0.1, -0.05) is 66.7 Å². The largest absolute Gasteiger partial charge is 0.465 e. The SMILES string of the molecule is CCCn1c(SCC(=O)Nc2scc(-c3ccc(C)cc3)c2C(=O)OC)nnc1-c1csc2ccccc12. The predicted molar refractivity (Wildman–Crippen MR) is 156 cm³/mol. The second kappa shape index (κ2) is 11.5. The Morgan fingerprint density at radius 3 is 2.55 bits per heavy atom. The standard InChI is InChI=1S/C28H26N4O3S3/c1-4-13-32-25(21-15-36-22-8-6-5-7-19(21)22)30-31-28(32)38-16-23(33)29-26-24(27(34)35-3)20(14-37-26)18-11-9-17(2)10-12-18/h5-12,14-15H,4,13,16H2,1-3H3,(H,29,33). The molecule has 38 heavy (non-hydrogen) atoms. The lowest BCUT2D eigenvalue weighted by Gasteiger charge is -2.09. The number of carbonyl (C=O) groups excluding carboxylic acids is 2. The van der Waals surface area contributed by atoms with Crippen LogP contribution in [0.5, 0.6) is 0 Å². The van der Waals surface area contributed by atoms with Crippen LogP contribution in [-0.2, 0) is 16.1 Å². The molecule has 194 valence electrons. The molecule has 2 aromatic carbocycles. The van der Waals surface area contributed by atoms with Crippen LogP contribution in [0.3, 0.4) is 0 Å². The number of benzene rings is 2. The molecule has 5 rings (SSSR count). The highest BCUT2D eigenvalue weighted by Crippen LogP contribution is 2.37. The maximum absolute atomic E-state index is 13.0. The number of thioether (sulfide) groups is 1. The monoisotopic (exact) mass is 562 g/mol. The Morgan fingerprint density at radius 2 is 1.79 bits per heavy atom. The number of methoxy groups -OCH3 is 1. The lowest BCUT2D eigenvalue weighted by Crippen LogP contribution is -2.16. The number of anilines is 1. The second-order valence-corrected chi connectivity index (χ2v) is 11.4. The number of esters is 1. The molecule has 3 heterocycles. The first-order valence-electron chi connectivity index (χ1n) is 12.1. The number of hydrogen-bond acceptors (Lipinski definition) is 8. The fourth-order valence-corrected chi connectivity index (χ4v) is 6.84. The number of aromatic nitrogens is 3. The number of hydrogen-bond donors (Lipinski definition) is 1. The molecule has 0 aliphatic carbocycles. The molecule has 0 saturated heterocycles. The maximum Gasteiger partial charge on any atom is 0.341 e. The van der Waals surface area contributed by atoms with Crippen molar-refractivity contribution in [3.63, 3.8) is 0 Å². The molecule has 10 heteroatoms. The van der Waals surface area contributed by atoms with E-state index < -0.39 is 5.97 Å². The number of amides is 1. The quantitative estimate of drug-likeness (QED) is 0.152. The summed E-state index contributed by atoms with van der Waals surface area (Å²) >= 11 is 4.32. The second-order valence-electron chi connectivity index (χ2n) is 8.65. The van der Waals surface area contributed by atoms with Gasteiger partial charge in [0.25, 0.3) is 0 Å². The van der Waals surface area contributed by atoms with E-state index in [0.29, 0.717) is 15.7 Å². The van der Waals surface area contributed by atoms with Crippen molar-refractivity contribution in [2.75, 3.05) is 18.2 Å². The number of rotatable bonds is 9. The molecule has 0 atom stereocenters. The zero-order chi connectivity index (χ0) is 26.6. The van der Waals surface area contributed by atoms with E-state index in [1.807, 2.05) is 48.7 Å². The Balaban J connectivity index is 1.35. The van der Waals surface area contributed by atoms with Gasteiger partial charge < -0.3 is 14.6 Å². The van der Waals surface area contributed by atoms with E-state index in [9.17, 15) is 9.59 Å². The zero-order valence-electron chi connectivity index (χ0n) is 21.2. The van der Waals surface area contributed by atoms with Crippen LogP contribution in [0.2, 0.25) is 0 Å². The van der Waals surface area contributed by atoms with Gasteiger partial charge in [0, 0.05) is 38.5 Å². The van der Waals surface area contributed by atoms with Crippen molar-refractivity contribution < 1.29 is 14.3 Å². The Kier molecular flexibility index (Phi) is 7.92. The Labute approximate surface area is 232 Å².